The van der Waals surface area contributed by atoms with Crippen molar-refractivity contribution in [2.75, 3.05) is 13.2 Å². The summed E-state index contributed by atoms with van der Waals surface area (Å²) in [5.74, 6) is 2.01. The molecule has 33 heavy (non-hydrogen) atoms. The number of nitrogens with one attached hydrogen (secondary N) is 2. The second kappa shape index (κ2) is 11.8. The highest BCUT2D eigenvalue weighted by molar-refractivity contribution is 5.76. The van der Waals surface area contributed by atoms with E-state index in [1.807, 2.05) is 12.1 Å². The summed E-state index contributed by atoms with van der Waals surface area (Å²) in [6.45, 7) is 6.64. The lowest BCUT2D eigenvalue weighted by Gasteiger charge is -2.30. The van der Waals surface area contributed by atoms with Gasteiger partial charge in [-0.1, -0.05) is 56.8 Å². The molecule has 1 aliphatic carbocycles. The van der Waals surface area contributed by atoms with E-state index in [9.17, 15) is 9.59 Å². The van der Waals surface area contributed by atoms with Gasteiger partial charge in [-0.2, -0.15) is 4.98 Å². The predicted octanol–water partition coefficient (Wildman–Crippen LogP) is 4.01. The van der Waals surface area contributed by atoms with E-state index < -0.39 is 5.54 Å². The van der Waals surface area contributed by atoms with Crippen molar-refractivity contribution in [1.29, 1.82) is 0 Å². The van der Waals surface area contributed by atoms with E-state index >= 15 is 0 Å². The summed E-state index contributed by atoms with van der Waals surface area (Å²) in [6, 6.07) is 8.02. The Morgan fingerprint density at radius 3 is 2.45 bits per heavy atom. The Balaban J connectivity index is 1.43. The van der Waals surface area contributed by atoms with Crippen LogP contribution >= 0.6 is 0 Å². The van der Waals surface area contributed by atoms with Gasteiger partial charge in [-0.05, 0) is 36.5 Å². The number of hydrogen-bond acceptors (Lipinski definition) is 6. The summed E-state index contributed by atoms with van der Waals surface area (Å²) in [4.78, 5) is 28.5. The molecule has 1 fully saturated rings. The predicted molar refractivity (Wildman–Crippen MR) is 125 cm³/mol. The van der Waals surface area contributed by atoms with Gasteiger partial charge in [0.1, 0.15) is 17.9 Å². The van der Waals surface area contributed by atoms with E-state index in [4.69, 9.17) is 9.26 Å². The first kappa shape index (κ1) is 24.7. The van der Waals surface area contributed by atoms with Crippen LogP contribution in [0.25, 0.3) is 0 Å². The monoisotopic (exact) mass is 456 g/mol. The second-order valence-corrected chi connectivity index (χ2v) is 9.11. The first-order valence-corrected chi connectivity index (χ1v) is 12.0. The van der Waals surface area contributed by atoms with Crippen molar-refractivity contribution >= 4 is 11.8 Å². The minimum atomic E-state index is -0.572. The number of aromatic nitrogens is 2. The van der Waals surface area contributed by atoms with Gasteiger partial charge < -0.3 is 19.9 Å². The molecular formula is C25H36N4O4. The van der Waals surface area contributed by atoms with Gasteiger partial charge in [0.2, 0.25) is 17.7 Å². The van der Waals surface area contributed by atoms with Crippen LogP contribution in [0.5, 0.6) is 5.75 Å². The molecule has 0 unspecified atom stereocenters. The van der Waals surface area contributed by atoms with Crippen LogP contribution in [0.3, 0.4) is 0 Å². The molecule has 3 rings (SSSR count). The molecule has 2 N–H and O–H groups in total. The van der Waals surface area contributed by atoms with Crippen molar-refractivity contribution < 1.29 is 18.8 Å². The van der Waals surface area contributed by atoms with Crippen LogP contribution in [0.1, 0.15) is 88.9 Å². The standard InChI is InChI=1S/C25H36N4O4/c1-18(2)20-8-10-21(11-9-20)32-17-16-26-22(31)12-13-23-27-24(29-33-23)25(28-19(3)30)14-6-4-5-7-15-25/h8-11,18H,4-7,12-17H2,1-3H3,(H,26,31)(H,28,30). The lowest BCUT2D eigenvalue weighted by molar-refractivity contribution is -0.122. The normalized spacial score (nSPS) is 15.6. The molecule has 0 spiro atoms. The van der Waals surface area contributed by atoms with Crippen molar-refractivity contribution in [3.8, 4) is 5.75 Å². The Hall–Kier alpha value is -2.90. The zero-order chi connectivity index (χ0) is 23.7. The third kappa shape index (κ3) is 7.30. The fraction of sp³-hybridized carbons (Fsp3) is 0.600. The van der Waals surface area contributed by atoms with Gasteiger partial charge in [-0.25, -0.2) is 0 Å². The van der Waals surface area contributed by atoms with Crippen LogP contribution in [0.4, 0.5) is 0 Å². The summed E-state index contributed by atoms with van der Waals surface area (Å²) >= 11 is 0. The number of carbonyl (C=O) groups is 2. The molecular weight excluding hydrogens is 420 g/mol. The lowest BCUT2D eigenvalue weighted by Crippen LogP contribution is -2.45. The van der Waals surface area contributed by atoms with Gasteiger partial charge >= 0.3 is 0 Å². The SMILES string of the molecule is CC(=O)NC1(c2noc(CCC(=O)NCCOc3ccc(C(C)C)cc3)n2)CCCCCC1. The van der Waals surface area contributed by atoms with Gasteiger partial charge in [0, 0.05) is 19.8 Å². The summed E-state index contributed by atoms with van der Waals surface area (Å²) in [7, 11) is 0. The number of amides is 2. The molecule has 1 saturated carbocycles. The highest BCUT2D eigenvalue weighted by atomic mass is 16.5. The molecule has 1 heterocycles. The zero-order valence-corrected chi connectivity index (χ0v) is 20.0. The van der Waals surface area contributed by atoms with Crippen LogP contribution in [-0.2, 0) is 21.5 Å². The molecule has 0 atom stereocenters. The quantitative estimate of drug-likeness (QED) is 0.413. The number of nitrogens with zero attached hydrogens (tertiary/aromatic N) is 2. The Labute approximate surface area is 195 Å². The number of hydrogen-bond donors (Lipinski definition) is 2. The number of benzene rings is 1. The van der Waals surface area contributed by atoms with E-state index in [0.717, 1.165) is 44.3 Å². The molecule has 8 heteroatoms. The summed E-state index contributed by atoms with van der Waals surface area (Å²) in [5, 5.41) is 10.1. The molecule has 2 amide bonds. The van der Waals surface area contributed by atoms with Crippen molar-refractivity contribution in [3.63, 3.8) is 0 Å². The first-order valence-electron chi connectivity index (χ1n) is 12.0. The highest BCUT2D eigenvalue weighted by Gasteiger charge is 2.38. The van der Waals surface area contributed by atoms with Crippen LogP contribution in [-0.4, -0.2) is 35.1 Å². The average molecular weight is 457 g/mol. The van der Waals surface area contributed by atoms with Crippen molar-refractivity contribution in [2.45, 2.75) is 83.6 Å². The molecule has 0 aliphatic heterocycles. The number of rotatable bonds is 10. The maximum absolute atomic E-state index is 12.2. The molecule has 180 valence electrons. The molecule has 0 radical (unpaired) electrons. The molecule has 0 bridgehead atoms. The molecule has 1 aromatic carbocycles. The van der Waals surface area contributed by atoms with Gasteiger partial charge in [0.15, 0.2) is 5.82 Å². The van der Waals surface area contributed by atoms with Crippen LogP contribution in [0.15, 0.2) is 28.8 Å². The maximum Gasteiger partial charge on any atom is 0.227 e. The third-order valence-corrected chi connectivity index (χ3v) is 6.07. The second-order valence-electron chi connectivity index (χ2n) is 9.11. The van der Waals surface area contributed by atoms with Crippen molar-refractivity contribution in [3.05, 3.63) is 41.5 Å². The van der Waals surface area contributed by atoms with E-state index in [1.165, 1.54) is 12.5 Å². The van der Waals surface area contributed by atoms with Crippen molar-refractivity contribution in [2.24, 2.45) is 0 Å². The van der Waals surface area contributed by atoms with Gasteiger partial charge in [-0.3, -0.25) is 9.59 Å². The number of aryl methyl sites for hydroxylation is 1. The largest absolute Gasteiger partial charge is 0.492 e. The first-order chi connectivity index (χ1) is 15.9. The summed E-state index contributed by atoms with van der Waals surface area (Å²) in [5.41, 5.74) is 0.693. The zero-order valence-electron chi connectivity index (χ0n) is 20.0. The maximum atomic E-state index is 12.2. The van der Waals surface area contributed by atoms with Crippen LogP contribution < -0.4 is 15.4 Å². The number of carbonyl (C=O) groups excluding carboxylic acids is 2. The lowest BCUT2D eigenvalue weighted by atomic mass is 9.89. The van der Waals surface area contributed by atoms with Gasteiger partial charge in [0.25, 0.3) is 0 Å². The molecule has 1 aromatic heterocycles. The number of ether oxygens (including phenoxy) is 1. The molecule has 8 nitrogen and oxygen atoms in total. The highest BCUT2D eigenvalue weighted by Crippen LogP contribution is 2.34. The Morgan fingerprint density at radius 2 is 1.82 bits per heavy atom. The Kier molecular flexibility index (Phi) is 8.86. The van der Waals surface area contributed by atoms with Crippen LogP contribution in [0.2, 0.25) is 0 Å². The van der Waals surface area contributed by atoms with E-state index in [0.29, 0.717) is 37.2 Å². The average Bonchev–Trinajstić information content (AvgIpc) is 3.15. The minimum Gasteiger partial charge on any atom is -0.492 e. The fourth-order valence-corrected chi connectivity index (χ4v) is 4.24. The fourth-order valence-electron chi connectivity index (χ4n) is 4.24. The van der Waals surface area contributed by atoms with E-state index in [-0.39, 0.29) is 18.2 Å². The Bertz CT molecular complexity index is 899. The van der Waals surface area contributed by atoms with Crippen molar-refractivity contribution in [1.82, 2.24) is 20.8 Å². The minimum absolute atomic E-state index is 0.0966. The smallest absolute Gasteiger partial charge is 0.227 e. The Morgan fingerprint density at radius 1 is 1.12 bits per heavy atom. The topological polar surface area (TPSA) is 106 Å². The van der Waals surface area contributed by atoms with Gasteiger partial charge in [0.05, 0.1) is 6.54 Å². The van der Waals surface area contributed by atoms with E-state index in [1.54, 1.807) is 0 Å². The molecule has 2 aromatic rings. The third-order valence-electron chi connectivity index (χ3n) is 6.07. The molecule has 0 saturated heterocycles. The summed E-state index contributed by atoms with van der Waals surface area (Å²) < 4.78 is 11.1. The van der Waals surface area contributed by atoms with Gasteiger partial charge in [-0.15, -0.1) is 0 Å². The summed E-state index contributed by atoms with van der Waals surface area (Å²) in [6.07, 6.45) is 6.49. The molecule has 1 aliphatic rings. The van der Waals surface area contributed by atoms with E-state index in [2.05, 4.69) is 46.8 Å². The van der Waals surface area contributed by atoms with Crippen LogP contribution in [0, 0.1) is 0 Å².